The molecule has 1 saturated heterocycles. The number of methoxy groups -OCH3 is 1. The maximum absolute atomic E-state index is 13.6. The topological polar surface area (TPSA) is 110 Å². The SMILES string of the molecule is COc1ccccc1C1SCC(C(=O)Nc2nc(-c3ccc(C(=O)NC4CC4)cc3)cs2)N1C(=O)OCc1ccccc1. The van der Waals surface area contributed by atoms with Gasteiger partial charge >= 0.3 is 6.09 Å². The Labute approximate surface area is 257 Å². The zero-order chi connectivity index (χ0) is 29.8. The molecule has 3 aromatic carbocycles. The lowest BCUT2D eigenvalue weighted by molar-refractivity contribution is -0.120. The summed E-state index contributed by atoms with van der Waals surface area (Å²) in [5.74, 6) is 0.572. The predicted octanol–water partition coefficient (Wildman–Crippen LogP) is 6.10. The van der Waals surface area contributed by atoms with Crippen molar-refractivity contribution in [3.05, 3.63) is 101 Å². The molecule has 2 N–H and O–H groups in total. The van der Waals surface area contributed by atoms with Crippen molar-refractivity contribution in [3.63, 3.8) is 0 Å². The van der Waals surface area contributed by atoms with Gasteiger partial charge in [0.25, 0.3) is 5.91 Å². The summed E-state index contributed by atoms with van der Waals surface area (Å²) < 4.78 is 11.3. The molecule has 43 heavy (non-hydrogen) atoms. The summed E-state index contributed by atoms with van der Waals surface area (Å²) in [6.07, 6.45) is 1.48. The molecule has 1 saturated carbocycles. The Balaban J connectivity index is 1.17. The third-order valence-corrected chi connectivity index (χ3v) is 9.28. The van der Waals surface area contributed by atoms with Crippen molar-refractivity contribution < 1.29 is 23.9 Å². The van der Waals surface area contributed by atoms with Crippen molar-refractivity contribution in [2.75, 3.05) is 18.2 Å². The lowest BCUT2D eigenvalue weighted by atomic mass is 10.1. The third kappa shape index (κ3) is 6.68. The Bertz CT molecular complexity index is 1610. The Morgan fingerprint density at radius 3 is 2.47 bits per heavy atom. The standard InChI is InChI=1S/C32H30N4O5S2/c1-40-27-10-6-5-9-24(27)30-36(32(39)41-17-20-7-3-2-4-8-20)26(19-42-30)29(38)35-31-34-25(18-43-31)21-11-13-22(14-12-21)28(37)33-23-15-16-23/h2-14,18,23,26,30H,15-17,19H2,1H3,(H,33,37)(H,34,35,38). The summed E-state index contributed by atoms with van der Waals surface area (Å²) in [5, 5.41) is 7.68. The number of anilines is 1. The molecule has 1 aliphatic heterocycles. The van der Waals surface area contributed by atoms with Crippen molar-refractivity contribution in [3.8, 4) is 17.0 Å². The third-order valence-electron chi connectivity index (χ3n) is 7.21. The maximum atomic E-state index is 13.6. The van der Waals surface area contributed by atoms with Crippen LogP contribution < -0.4 is 15.4 Å². The highest BCUT2D eigenvalue weighted by Crippen LogP contribution is 2.45. The van der Waals surface area contributed by atoms with Crippen LogP contribution >= 0.6 is 23.1 Å². The lowest BCUT2D eigenvalue weighted by Crippen LogP contribution is -2.45. The van der Waals surface area contributed by atoms with Gasteiger partial charge in [0, 0.05) is 33.9 Å². The summed E-state index contributed by atoms with van der Waals surface area (Å²) in [7, 11) is 1.58. The summed E-state index contributed by atoms with van der Waals surface area (Å²) in [5.41, 5.74) is 3.75. The molecule has 9 nitrogen and oxygen atoms in total. The van der Waals surface area contributed by atoms with Crippen LogP contribution in [0.25, 0.3) is 11.3 Å². The number of hydrogen-bond acceptors (Lipinski definition) is 8. The van der Waals surface area contributed by atoms with E-state index in [0.29, 0.717) is 33.9 Å². The number of benzene rings is 3. The summed E-state index contributed by atoms with van der Waals surface area (Å²) in [6, 6.07) is 23.6. The van der Waals surface area contributed by atoms with Crippen molar-refractivity contribution in [1.82, 2.24) is 15.2 Å². The van der Waals surface area contributed by atoms with Crippen LogP contribution in [0, 0.1) is 0 Å². The van der Waals surface area contributed by atoms with E-state index in [0.717, 1.165) is 29.5 Å². The summed E-state index contributed by atoms with van der Waals surface area (Å²) >= 11 is 2.77. The number of nitrogens with zero attached hydrogens (tertiary/aromatic N) is 2. The van der Waals surface area contributed by atoms with Gasteiger partial charge in [0.1, 0.15) is 23.8 Å². The van der Waals surface area contributed by atoms with Crippen molar-refractivity contribution in [2.24, 2.45) is 0 Å². The number of rotatable bonds is 9. The van der Waals surface area contributed by atoms with E-state index in [1.807, 2.05) is 72.1 Å². The van der Waals surface area contributed by atoms with Crippen LogP contribution in [0.4, 0.5) is 9.93 Å². The first-order valence-corrected chi connectivity index (χ1v) is 15.8. The molecular weight excluding hydrogens is 585 g/mol. The first-order valence-electron chi connectivity index (χ1n) is 13.9. The predicted molar refractivity (Wildman–Crippen MR) is 167 cm³/mol. The minimum Gasteiger partial charge on any atom is -0.496 e. The number of para-hydroxylation sites is 1. The molecule has 0 radical (unpaired) electrons. The van der Waals surface area contributed by atoms with Gasteiger partial charge in [0.05, 0.1) is 12.8 Å². The van der Waals surface area contributed by atoms with Crippen molar-refractivity contribution in [2.45, 2.75) is 36.9 Å². The minimum absolute atomic E-state index is 0.0759. The highest BCUT2D eigenvalue weighted by Gasteiger charge is 2.44. The number of thioether (sulfide) groups is 1. The first-order chi connectivity index (χ1) is 21.0. The molecule has 6 rings (SSSR count). The smallest absolute Gasteiger partial charge is 0.412 e. The zero-order valence-corrected chi connectivity index (χ0v) is 25.0. The number of hydrogen-bond donors (Lipinski definition) is 2. The lowest BCUT2D eigenvalue weighted by Gasteiger charge is -2.28. The van der Waals surface area contributed by atoms with E-state index < -0.39 is 17.5 Å². The zero-order valence-electron chi connectivity index (χ0n) is 23.4. The van der Waals surface area contributed by atoms with E-state index in [1.54, 1.807) is 19.2 Å². The van der Waals surface area contributed by atoms with E-state index in [9.17, 15) is 14.4 Å². The Morgan fingerprint density at radius 1 is 0.977 bits per heavy atom. The molecule has 2 unspecified atom stereocenters. The van der Waals surface area contributed by atoms with Crippen LogP contribution in [0.1, 0.15) is 39.7 Å². The maximum Gasteiger partial charge on any atom is 0.412 e. The van der Waals surface area contributed by atoms with Crippen LogP contribution in [0.3, 0.4) is 0 Å². The highest BCUT2D eigenvalue weighted by atomic mass is 32.2. The van der Waals surface area contributed by atoms with Crippen LogP contribution in [-0.2, 0) is 16.1 Å². The number of carbonyl (C=O) groups is 3. The van der Waals surface area contributed by atoms with Gasteiger partial charge < -0.3 is 20.1 Å². The fourth-order valence-electron chi connectivity index (χ4n) is 4.78. The molecular formula is C32H30N4O5S2. The fourth-order valence-corrected chi connectivity index (χ4v) is 6.94. The van der Waals surface area contributed by atoms with E-state index >= 15 is 0 Å². The van der Waals surface area contributed by atoms with E-state index in [2.05, 4.69) is 15.6 Å². The van der Waals surface area contributed by atoms with Gasteiger partial charge in [0.2, 0.25) is 5.91 Å². The molecule has 1 aromatic heterocycles. The van der Waals surface area contributed by atoms with E-state index in [1.165, 1.54) is 28.0 Å². The number of thiazole rings is 1. The van der Waals surface area contributed by atoms with Gasteiger partial charge in [-0.3, -0.25) is 14.5 Å². The molecule has 3 amide bonds. The van der Waals surface area contributed by atoms with Crippen LogP contribution in [0.15, 0.2) is 84.2 Å². The molecule has 0 spiro atoms. The van der Waals surface area contributed by atoms with Gasteiger partial charge in [-0.05, 0) is 36.6 Å². The number of carbonyl (C=O) groups excluding carboxylic acids is 3. The van der Waals surface area contributed by atoms with Gasteiger partial charge in [-0.25, -0.2) is 9.78 Å². The first kappa shape index (κ1) is 28.8. The molecule has 0 bridgehead atoms. The molecule has 1 aliphatic carbocycles. The Kier molecular flexibility index (Phi) is 8.62. The molecule has 2 heterocycles. The number of ether oxygens (including phenoxy) is 2. The second kappa shape index (κ2) is 12.9. The van der Waals surface area contributed by atoms with Gasteiger partial charge in [-0.2, -0.15) is 0 Å². The molecule has 2 atom stereocenters. The van der Waals surface area contributed by atoms with Crippen molar-refractivity contribution >= 4 is 46.1 Å². The summed E-state index contributed by atoms with van der Waals surface area (Å²) in [6.45, 7) is 0.0880. The van der Waals surface area contributed by atoms with Gasteiger partial charge in [-0.15, -0.1) is 23.1 Å². The Morgan fingerprint density at radius 2 is 1.72 bits per heavy atom. The average molecular weight is 615 g/mol. The van der Waals surface area contributed by atoms with Crippen LogP contribution in [0.2, 0.25) is 0 Å². The largest absolute Gasteiger partial charge is 0.496 e. The second-order valence-electron chi connectivity index (χ2n) is 10.2. The molecule has 4 aromatic rings. The number of aromatic nitrogens is 1. The number of nitrogens with one attached hydrogen (secondary N) is 2. The minimum atomic E-state index is -0.792. The monoisotopic (exact) mass is 614 g/mol. The van der Waals surface area contributed by atoms with E-state index in [4.69, 9.17) is 9.47 Å². The molecule has 2 aliphatic rings. The second-order valence-corrected chi connectivity index (χ2v) is 12.2. The fraction of sp³-hybridized carbons (Fsp3) is 0.250. The van der Waals surface area contributed by atoms with Gasteiger partial charge in [-0.1, -0.05) is 60.7 Å². The molecule has 11 heteroatoms. The average Bonchev–Trinajstić information content (AvgIpc) is 3.54. The summed E-state index contributed by atoms with van der Waals surface area (Å²) in [4.78, 5) is 45.5. The normalized spacial score (nSPS) is 17.7. The quantitative estimate of drug-likeness (QED) is 0.234. The molecule has 2 fully saturated rings. The van der Waals surface area contributed by atoms with E-state index in [-0.39, 0.29) is 18.4 Å². The van der Waals surface area contributed by atoms with Gasteiger partial charge in [0.15, 0.2) is 5.13 Å². The van der Waals surface area contributed by atoms with Crippen molar-refractivity contribution in [1.29, 1.82) is 0 Å². The van der Waals surface area contributed by atoms with Crippen LogP contribution in [0.5, 0.6) is 5.75 Å². The highest BCUT2D eigenvalue weighted by molar-refractivity contribution is 7.99. The molecule has 220 valence electrons. The number of amides is 3. The van der Waals surface area contributed by atoms with Crippen LogP contribution in [-0.4, -0.2) is 52.7 Å². The Hall–Kier alpha value is -4.35.